The fourth-order valence-electron chi connectivity index (χ4n) is 1.35. The zero-order valence-corrected chi connectivity index (χ0v) is 9.57. The van der Waals surface area contributed by atoms with Gasteiger partial charge in [0.1, 0.15) is 0 Å². The summed E-state index contributed by atoms with van der Waals surface area (Å²) in [4.78, 5) is 11.6. The van der Waals surface area contributed by atoms with Gasteiger partial charge in [-0.15, -0.1) is 6.58 Å². The molecule has 1 unspecified atom stereocenters. The van der Waals surface area contributed by atoms with Gasteiger partial charge in [-0.25, -0.2) is 0 Å². The Morgan fingerprint density at radius 1 is 1.50 bits per heavy atom. The number of amides is 1. The third kappa shape index (κ3) is 3.51. The van der Waals surface area contributed by atoms with Crippen LogP contribution in [0.2, 0.25) is 0 Å². The second kappa shape index (κ2) is 6.08. The van der Waals surface area contributed by atoms with Crippen molar-refractivity contribution in [1.29, 1.82) is 0 Å². The van der Waals surface area contributed by atoms with Gasteiger partial charge in [-0.3, -0.25) is 4.79 Å². The first-order valence-corrected chi connectivity index (χ1v) is 5.43. The number of hydrogen-bond acceptors (Lipinski definition) is 2. The van der Waals surface area contributed by atoms with Crippen molar-refractivity contribution in [3.8, 4) is 0 Å². The van der Waals surface area contributed by atoms with Gasteiger partial charge in [-0.05, 0) is 30.5 Å². The molecule has 0 aliphatic heterocycles. The molecule has 0 saturated heterocycles. The Bertz CT molecular complexity index is 357. The van der Waals surface area contributed by atoms with Gasteiger partial charge in [0.2, 0.25) is 5.91 Å². The standard InChI is InChI=1S/C13H18N2O/c1-3-5-12(14)13(16)15-11-8-6-10(4-2)7-9-11/h3,6-9,12H,1,4-5,14H2,2H3,(H,15,16). The molecule has 0 saturated carbocycles. The summed E-state index contributed by atoms with van der Waals surface area (Å²) < 4.78 is 0. The molecule has 0 bridgehead atoms. The predicted octanol–water partition coefficient (Wildman–Crippen LogP) is 2.09. The fraction of sp³-hybridized carbons (Fsp3) is 0.308. The largest absolute Gasteiger partial charge is 0.325 e. The molecule has 0 aliphatic rings. The third-order valence-electron chi connectivity index (χ3n) is 2.39. The van der Waals surface area contributed by atoms with Crippen LogP contribution < -0.4 is 11.1 Å². The molecule has 0 aromatic heterocycles. The second-order valence-corrected chi connectivity index (χ2v) is 3.67. The van der Waals surface area contributed by atoms with Crippen molar-refractivity contribution in [3.05, 3.63) is 42.5 Å². The van der Waals surface area contributed by atoms with Crippen molar-refractivity contribution in [2.24, 2.45) is 5.73 Å². The number of benzene rings is 1. The van der Waals surface area contributed by atoms with Crippen LogP contribution in [0.3, 0.4) is 0 Å². The minimum absolute atomic E-state index is 0.177. The number of carbonyl (C=O) groups excluding carboxylic acids is 1. The lowest BCUT2D eigenvalue weighted by Crippen LogP contribution is -2.35. The van der Waals surface area contributed by atoms with Crippen LogP contribution in [-0.2, 0) is 11.2 Å². The monoisotopic (exact) mass is 218 g/mol. The minimum atomic E-state index is -0.525. The van der Waals surface area contributed by atoms with Gasteiger partial charge < -0.3 is 11.1 Å². The molecule has 0 fully saturated rings. The van der Waals surface area contributed by atoms with Crippen molar-refractivity contribution < 1.29 is 4.79 Å². The van der Waals surface area contributed by atoms with Crippen molar-refractivity contribution in [2.75, 3.05) is 5.32 Å². The topological polar surface area (TPSA) is 55.1 Å². The van der Waals surface area contributed by atoms with Crippen LogP contribution in [0.25, 0.3) is 0 Å². The Balaban J connectivity index is 2.58. The number of aryl methyl sites for hydroxylation is 1. The highest BCUT2D eigenvalue weighted by Gasteiger charge is 2.11. The van der Waals surface area contributed by atoms with E-state index in [4.69, 9.17) is 5.73 Å². The number of nitrogens with one attached hydrogen (secondary N) is 1. The van der Waals surface area contributed by atoms with Crippen LogP contribution in [0, 0.1) is 0 Å². The summed E-state index contributed by atoms with van der Waals surface area (Å²) in [5.41, 5.74) is 7.67. The Hall–Kier alpha value is -1.61. The lowest BCUT2D eigenvalue weighted by molar-refractivity contribution is -0.117. The number of rotatable bonds is 5. The summed E-state index contributed by atoms with van der Waals surface area (Å²) in [5.74, 6) is -0.177. The molecular formula is C13H18N2O. The Morgan fingerprint density at radius 3 is 2.62 bits per heavy atom. The number of anilines is 1. The molecule has 3 heteroatoms. The zero-order valence-electron chi connectivity index (χ0n) is 9.57. The summed E-state index contributed by atoms with van der Waals surface area (Å²) in [6, 6.07) is 7.24. The molecule has 0 spiro atoms. The zero-order chi connectivity index (χ0) is 12.0. The highest BCUT2D eigenvalue weighted by molar-refractivity contribution is 5.94. The van der Waals surface area contributed by atoms with Gasteiger partial charge in [0, 0.05) is 5.69 Å². The maximum atomic E-state index is 11.6. The number of carbonyl (C=O) groups is 1. The second-order valence-electron chi connectivity index (χ2n) is 3.67. The Morgan fingerprint density at radius 2 is 2.12 bits per heavy atom. The van der Waals surface area contributed by atoms with Crippen LogP contribution in [0.4, 0.5) is 5.69 Å². The van der Waals surface area contributed by atoms with Crippen LogP contribution >= 0.6 is 0 Å². The van der Waals surface area contributed by atoms with E-state index in [-0.39, 0.29) is 5.91 Å². The van der Waals surface area contributed by atoms with Crippen LogP contribution in [0.1, 0.15) is 18.9 Å². The van der Waals surface area contributed by atoms with E-state index in [2.05, 4.69) is 18.8 Å². The van der Waals surface area contributed by atoms with Crippen LogP contribution in [0.5, 0.6) is 0 Å². The smallest absolute Gasteiger partial charge is 0.241 e. The maximum absolute atomic E-state index is 11.6. The van der Waals surface area contributed by atoms with E-state index < -0.39 is 6.04 Å². The first kappa shape index (κ1) is 12.5. The van der Waals surface area contributed by atoms with E-state index in [9.17, 15) is 4.79 Å². The van der Waals surface area contributed by atoms with E-state index in [0.717, 1.165) is 12.1 Å². The molecule has 1 atom stereocenters. The van der Waals surface area contributed by atoms with E-state index >= 15 is 0 Å². The van der Waals surface area contributed by atoms with Crippen LogP contribution in [-0.4, -0.2) is 11.9 Å². The molecule has 3 N–H and O–H groups in total. The summed E-state index contributed by atoms with van der Waals surface area (Å²) in [6.07, 6.45) is 3.12. The summed E-state index contributed by atoms with van der Waals surface area (Å²) in [7, 11) is 0. The van der Waals surface area contributed by atoms with Gasteiger partial charge >= 0.3 is 0 Å². The molecule has 1 amide bonds. The van der Waals surface area contributed by atoms with Gasteiger partial charge in [0.15, 0.2) is 0 Å². The molecular weight excluding hydrogens is 200 g/mol. The molecule has 16 heavy (non-hydrogen) atoms. The quantitative estimate of drug-likeness (QED) is 0.743. The van der Waals surface area contributed by atoms with E-state index in [1.165, 1.54) is 5.56 Å². The highest BCUT2D eigenvalue weighted by atomic mass is 16.2. The first-order valence-electron chi connectivity index (χ1n) is 5.43. The first-order chi connectivity index (χ1) is 7.67. The van der Waals surface area contributed by atoms with Crippen molar-refractivity contribution in [1.82, 2.24) is 0 Å². The third-order valence-corrected chi connectivity index (χ3v) is 2.39. The average molecular weight is 218 g/mol. The number of hydrogen-bond donors (Lipinski definition) is 2. The van der Waals surface area contributed by atoms with Gasteiger partial charge in [0.05, 0.1) is 6.04 Å². The Kier molecular flexibility index (Phi) is 4.73. The fourth-order valence-corrected chi connectivity index (χ4v) is 1.35. The van der Waals surface area contributed by atoms with Crippen molar-refractivity contribution in [2.45, 2.75) is 25.8 Å². The molecule has 0 heterocycles. The molecule has 0 radical (unpaired) electrons. The van der Waals surface area contributed by atoms with E-state index in [1.54, 1.807) is 6.08 Å². The summed E-state index contributed by atoms with van der Waals surface area (Å²) >= 11 is 0. The Labute approximate surface area is 96.3 Å². The van der Waals surface area contributed by atoms with E-state index in [1.807, 2.05) is 24.3 Å². The van der Waals surface area contributed by atoms with E-state index in [0.29, 0.717) is 6.42 Å². The SMILES string of the molecule is C=CCC(N)C(=O)Nc1ccc(CC)cc1. The molecule has 1 aromatic carbocycles. The minimum Gasteiger partial charge on any atom is -0.325 e. The highest BCUT2D eigenvalue weighted by Crippen LogP contribution is 2.10. The molecule has 3 nitrogen and oxygen atoms in total. The predicted molar refractivity (Wildman–Crippen MR) is 67.2 cm³/mol. The van der Waals surface area contributed by atoms with Crippen LogP contribution in [0.15, 0.2) is 36.9 Å². The van der Waals surface area contributed by atoms with Gasteiger partial charge in [-0.2, -0.15) is 0 Å². The summed E-state index contributed by atoms with van der Waals surface area (Å²) in [6.45, 7) is 5.64. The van der Waals surface area contributed by atoms with Crippen molar-refractivity contribution >= 4 is 11.6 Å². The molecule has 0 aliphatic carbocycles. The molecule has 1 aromatic rings. The lowest BCUT2D eigenvalue weighted by atomic mass is 10.1. The lowest BCUT2D eigenvalue weighted by Gasteiger charge is -2.10. The summed E-state index contributed by atoms with van der Waals surface area (Å²) in [5, 5.41) is 2.77. The van der Waals surface area contributed by atoms with Gasteiger partial charge in [0.25, 0.3) is 0 Å². The molecule has 1 rings (SSSR count). The van der Waals surface area contributed by atoms with Crippen molar-refractivity contribution in [3.63, 3.8) is 0 Å². The van der Waals surface area contributed by atoms with Gasteiger partial charge in [-0.1, -0.05) is 25.1 Å². The molecule has 86 valence electrons. The average Bonchev–Trinajstić information content (AvgIpc) is 2.30. The number of nitrogens with two attached hydrogens (primary N) is 1. The maximum Gasteiger partial charge on any atom is 0.241 e. The normalized spacial score (nSPS) is 11.9.